The predicted octanol–water partition coefficient (Wildman–Crippen LogP) is 4.19. The van der Waals surface area contributed by atoms with Crippen molar-refractivity contribution in [1.29, 1.82) is 0 Å². The molecule has 3 heteroatoms. The van der Waals surface area contributed by atoms with Crippen LogP contribution < -0.4 is 5.32 Å². The van der Waals surface area contributed by atoms with E-state index in [-0.39, 0.29) is 5.82 Å². The van der Waals surface area contributed by atoms with Crippen molar-refractivity contribution >= 4 is 11.6 Å². The molecule has 18 heavy (non-hydrogen) atoms. The molecule has 1 N–H and O–H groups in total. The van der Waals surface area contributed by atoms with Gasteiger partial charge in [-0.15, -0.1) is 0 Å². The number of halogens is 2. The largest absolute Gasteiger partial charge is 0.317 e. The summed E-state index contributed by atoms with van der Waals surface area (Å²) in [7, 11) is 2.04. The lowest BCUT2D eigenvalue weighted by Crippen LogP contribution is -2.33. The summed E-state index contributed by atoms with van der Waals surface area (Å²) in [4.78, 5) is 0. The first-order valence-electron chi connectivity index (χ1n) is 6.82. The summed E-state index contributed by atoms with van der Waals surface area (Å²) in [5.74, 6) is 0.357. The van der Waals surface area contributed by atoms with Crippen molar-refractivity contribution in [2.24, 2.45) is 5.92 Å². The molecule has 0 aromatic heterocycles. The fourth-order valence-corrected chi connectivity index (χ4v) is 3.22. The van der Waals surface area contributed by atoms with Gasteiger partial charge in [-0.3, -0.25) is 0 Å². The molecule has 1 saturated carbocycles. The standard InChI is InChI=1S/C15H21ClFN/c1-18-15-6-4-2-3-5-12(15)9-11-7-8-13(17)10-14(11)16/h7-8,10,12,15,18H,2-6,9H2,1H3. The highest BCUT2D eigenvalue weighted by atomic mass is 35.5. The number of rotatable bonds is 3. The van der Waals surface area contributed by atoms with Gasteiger partial charge in [0.05, 0.1) is 0 Å². The summed E-state index contributed by atoms with van der Waals surface area (Å²) in [6, 6.07) is 5.32. The van der Waals surface area contributed by atoms with Crippen LogP contribution in [0.15, 0.2) is 18.2 Å². The highest BCUT2D eigenvalue weighted by molar-refractivity contribution is 6.31. The lowest BCUT2D eigenvalue weighted by Gasteiger charge is -2.25. The molecule has 2 unspecified atom stereocenters. The maximum atomic E-state index is 13.0. The second-order valence-corrected chi connectivity index (χ2v) is 5.64. The van der Waals surface area contributed by atoms with Gasteiger partial charge in [0.25, 0.3) is 0 Å². The highest BCUT2D eigenvalue weighted by Crippen LogP contribution is 2.29. The van der Waals surface area contributed by atoms with E-state index in [1.165, 1.54) is 44.2 Å². The molecule has 1 nitrogen and oxygen atoms in total. The molecular formula is C15H21ClFN. The molecule has 0 saturated heterocycles. The van der Waals surface area contributed by atoms with E-state index < -0.39 is 0 Å². The van der Waals surface area contributed by atoms with Gasteiger partial charge < -0.3 is 5.32 Å². The zero-order valence-electron chi connectivity index (χ0n) is 10.9. The Morgan fingerprint density at radius 1 is 1.28 bits per heavy atom. The molecular weight excluding hydrogens is 249 g/mol. The molecule has 1 aromatic carbocycles. The predicted molar refractivity (Wildman–Crippen MR) is 74.5 cm³/mol. The van der Waals surface area contributed by atoms with Crippen molar-refractivity contribution in [3.05, 3.63) is 34.6 Å². The summed E-state index contributed by atoms with van der Waals surface area (Å²) in [6.45, 7) is 0. The SMILES string of the molecule is CNC1CCCCCC1Cc1ccc(F)cc1Cl. The van der Waals surface area contributed by atoms with Gasteiger partial charge in [0.2, 0.25) is 0 Å². The van der Waals surface area contributed by atoms with Gasteiger partial charge in [0, 0.05) is 11.1 Å². The normalized spacial score (nSPS) is 24.8. The summed E-state index contributed by atoms with van der Waals surface area (Å²) < 4.78 is 13.0. The lowest BCUT2D eigenvalue weighted by atomic mass is 9.88. The smallest absolute Gasteiger partial charge is 0.124 e. The van der Waals surface area contributed by atoms with Crippen molar-refractivity contribution in [2.75, 3.05) is 7.05 Å². The first-order chi connectivity index (χ1) is 8.70. The van der Waals surface area contributed by atoms with Crippen molar-refractivity contribution in [3.63, 3.8) is 0 Å². The van der Waals surface area contributed by atoms with Crippen molar-refractivity contribution in [3.8, 4) is 0 Å². The van der Waals surface area contributed by atoms with Crippen LogP contribution in [0.2, 0.25) is 5.02 Å². The van der Waals surface area contributed by atoms with E-state index in [9.17, 15) is 4.39 Å². The molecule has 2 rings (SSSR count). The van der Waals surface area contributed by atoms with Crippen LogP contribution in [0.4, 0.5) is 4.39 Å². The maximum absolute atomic E-state index is 13.0. The van der Waals surface area contributed by atoms with E-state index in [4.69, 9.17) is 11.6 Å². The van der Waals surface area contributed by atoms with E-state index in [0.717, 1.165) is 12.0 Å². The molecule has 0 amide bonds. The average molecular weight is 270 g/mol. The van der Waals surface area contributed by atoms with Crippen molar-refractivity contribution in [1.82, 2.24) is 5.32 Å². The van der Waals surface area contributed by atoms with Gasteiger partial charge in [0.15, 0.2) is 0 Å². The van der Waals surface area contributed by atoms with Gasteiger partial charge in [-0.05, 0) is 49.9 Å². The van der Waals surface area contributed by atoms with Crippen LogP contribution in [0.25, 0.3) is 0 Å². The van der Waals surface area contributed by atoms with Crippen molar-refractivity contribution in [2.45, 2.75) is 44.6 Å². The Morgan fingerprint density at radius 3 is 2.78 bits per heavy atom. The van der Waals surface area contributed by atoms with E-state index >= 15 is 0 Å². The minimum absolute atomic E-state index is 0.255. The van der Waals surface area contributed by atoms with Crippen LogP contribution in [0.5, 0.6) is 0 Å². The van der Waals surface area contributed by atoms with Gasteiger partial charge in [-0.25, -0.2) is 4.39 Å². The van der Waals surface area contributed by atoms with Crippen LogP contribution >= 0.6 is 11.6 Å². The Kier molecular flexibility index (Phi) is 5.02. The first kappa shape index (κ1) is 13.8. The molecule has 1 fully saturated rings. The maximum Gasteiger partial charge on any atom is 0.124 e. The Balaban J connectivity index is 2.10. The molecule has 0 spiro atoms. The molecule has 1 aliphatic carbocycles. The van der Waals surface area contributed by atoms with Gasteiger partial charge >= 0.3 is 0 Å². The van der Waals surface area contributed by atoms with E-state index in [1.807, 2.05) is 13.1 Å². The molecule has 2 atom stereocenters. The molecule has 1 aromatic rings. The summed E-state index contributed by atoms with van der Waals surface area (Å²) in [6.07, 6.45) is 7.34. The third kappa shape index (κ3) is 3.46. The summed E-state index contributed by atoms with van der Waals surface area (Å²) >= 11 is 6.12. The van der Waals surface area contributed by atoms with Crippen LogP contribution in [0, 0.1) is 11.7 Å². The van der Waals surface area contributed by atoms with Crippen molar-refractivity contribution < 1.29 is 4.39 Å². The first-order valence-corrected chi connectivity index (χ1v) is 7.19. The number of hydrogen-bond acceptors (Lipinski definition) is 1. The topological polar surface area (TPSA) is 12.0 Å². The molecule has 0 aliphatic heterocycles. The second kappa shape index (κ2) is 6.53. The van der Waals surface area contributed by atoms with Crippen LogP contribution in [-0.2, 0) is 6.42 Å². The third-order valence-electron chi connectivity index (χ3n) is 4.03. The third-order valence-corrected chi connectivity index (χ3v) is 4.38. The Bertz CT molecular complexity index is 394. The van der Waals surface area contributed by atoms with Gasteiger partial charge in [-0.2, -0.15) is 0 Å². The Morgan fingerprint density at radius 2 is 2.06 bits per heavy atom. The number of nitrogens with one attached hydrogen (secondary N) is 1. The molecule has 0 heterocycles. The average Bonchev–Trinajstić information content (AvgIpc) is 2.57. The van der Waals surface area contributed by atoms with Gasteiger partial charge in [0.1, 0.15) is 5.82 Å². The summed E-state index contributed by atoms with van der Waals surface area (Å²) in [5, 5.41) is 3.99. The van der Waals surface area contributed by atoms with Gasteiger partial charge in [-0.1, -0.05) is 36.9 Å². The molecule has 1 aliphatic rings. The van der Waals surface area contributed by atoms with E-state index in [0.29, 0.717) is 17.0 Å². The molecule has 0 radical (unpaired) electrons. The second-order valence-electron chi connectivity index (χ2n) is 5.23. The zero-order chi connectivity index (χ0) is 13.0. The fraction of sp³-hybridized carbons (Fsp3) is 0.600. The Hall–Kier alpha value is -0.600. The number of benzene rings is 1. The summed E-state index contributed by atoms with van der Waals surface area (Å²) in [5.41, 5.74) is 1.07. The lowest BCUT2D eigenvalue weighted by molar-refractivity contribution is 0.350. The molecule has 100 valence electrons. The van der Waals surface area contributed by atoms with E-state index in [2.05, 4.69) is 5.32 Å². The number of hydrogen-bond donors (Lipinski definition) is 1. The Labute approximate surface area is 114 Å². The minimum Gasteiger partial charge on any atom is -0.317 e. The highest BCUT2D eigenvalue weighted by Gasteiger charge is 2.23. The fourth-order valence-electron chi connectivity index (χ4n) is 2.98. The van der Waals surface area contributed by atoms with Crippen LogP contribution in [0.1, 0.15) is 37.7 Å². The zero-order valence-corrected chi connectivity index (χ0v) is 11.6. The minimum atomic E-state index is -0.255. The van der Waals surface area contributed by atoms with E-state index in [1.54, 1.807) is 0 Å². The van der Waals surface area contributed by atoms with Crippen LogP contribution in [-0.4, -0.2) is 13.1 Å². The van der Waals surface area contributed by atoms with Crippen LogP contribution in [0.3, 0.4) is 0 Å². The molecule has 0 bridgehead atoms. The monoisotopic (exact) mass is 269 g/mol. The quantitative estimate of drug-likeness (QED) is 0.812.